The van der Waals surface area contributed by atoms with E-state index in [1.807, 2.05) is 12.1 Å². The Kier molecular flexibility index (Phi) is 5.53. The Morgan fingerprint density at radius 1 is 1.00 bits per heavy atom. The molecule has 1 fully saturated rings. The molecule has 2 amide bonds. The molecule has 0 saturated carbocycles. The molecule has 6 heteroatoms. The van der Waals surface area contributed by atoms with Gasteiger partial charge in [0.1, 0.15) is 5.75 Å². The zero-order valence-corrected chi connectivity index (χ0v) is 16.4. The number of nitrogens with one attached hydrogen (secondary N) is 1. The molecule has 4 rings (SSSR count). The van der Waals surface area contributed by atoms with Crippen LogP contribution in [0.4, 0.5) is 5.69 Å². The number of ether oxygens (including phenoxy) is 1. The fraction of sp³-hybridized carbons (Fsp3) is 0.364. The number of likely N-dealkylation sites (tertiary alicyclic amines) is 1. The summed E-state index contributed by atoms with van der Waals surface area (Å²) in [6.07, 6.45) is 5.36. The van der Waals surface area contributed by atoms with Crippen LogP contribution in [0.1, 0.15) is 40.7 Å². The second kappa shape index (κ2) is 8.23. The van der Waals surface area contributed by atoms with Gasteiger partial charge in [-0.05, 0) is 73.6 Å². The van der Waals surface area contributed by atoms with Crippen LogP contribution in [0.5, 0.6) is 5.75 Å². The molecule has 2 aromatic carbocycles. The van der Waals surface area contributed by atoms with Crippen LogP contribution in [0.25, 0.3) is 0 Å². The Morgan fingerprint density at radius 2 is 1.79 bits per heavy atom. The number of carbonyl (C=O) groups is 2. The van der Waals surface area contributed by atoms with Crippen LogP contribution in [-0.4, -0.2) is 36.4 Å². The van der Waals surface area contributed by atoms with Crippen LogP contribution in [0.3, 0.4) is 0 Å². The summed E-state index contributed by atoms with van der Waals surface area (Å²) < 4.78 is 5.66. The molecule has 0 atom stereocenters. The maximum absolute atomic E-state index is 12.7. The molecule has 1 saturated heterocycles. The lowest BCUT2D eigenvalue weighted by atomic mass is 10.1. The number of carbonyl (C=O) groups excluding carboxylic acids is 2. The molecule has 0 aromatic heterocycles. The van der Waals surface area contributed by atoms with E-state index in [-0.39, 0.29) is 18.4 Å². The van der Waals surface area contributed by atoms with Crippen molar-refractivity contribution in [3.8, 4) is 5.75 Å². The average Bonchev–Trinajstić information content (AvgIpc) is 3.37. The van der Waals surface area contributed by atoms with E-state index in [2.05, 4.69) is 11.4 Å². The molecular formula is C22H23ClN2O3. The van der Waals surface area contributed by atoms with Gasteiger partial charge in [0.05, 0.1) is 11.3 Å². The minimum atomic E-state index is -0.321. The molecule has 0 spiro atoms. The normalized spacial score (nSPS) is 15.4. The molecule has 1 heterocycles. The lowest BCUT2D eigenvalue weighted by molar-refractivity contribution is -0.118. The first kappa shape index (κ1) is 18.8. The molecule has 0 bridgehead atoms. The van der Waals surface area contributed by atoms with Crippen LogP contribution >= 0.6 is 11.6 Å². The van der Waals surface area contributed by atoms with Gasteiger partial charge in [-0.3, -0.25) is 9.59 Å². The van der Waals surface area contributed by atoms with Gasteiger partial charge in [-0.1, -0.05) is 17.7 Å². The van der Waals surface area contributed by atoms with Crippen molar-refractivity contribution >= 4 is 29.1 Å². The number of hydrogen-bond acceptors (Lipinski definition) is 3. The van der Waals surface area contributed by atoms with E-state index in [1.165, 1.54) is 17.5 Å². The third kappa shape index (κ3) is 4.14. The summed E-state index contributed by atoms with van der Waals surface area (Å²) in [7, 11) is 0. The van der Waals surface area contributed by atoms with Crippen molar-refractivity contribution in [2.24, 2.45) is 0 Å². The zero-order chi connectivity index (χ0) is 19.5. The summed E-state index contributed by atoms with van der Waals surface area (Å²) in [4.78, 5) is 27.0. The molecule has 146 valence electrons. The van der Waals surface area contributed by atoms with Crippen LogP contribution < -0.4 is 10.1 Å². The van der Waals surface area contributed by atoms with Crippen molar-refractivity contribution in [1.29, 1.82) is 0 Å². The highest BCUT2D eigenvalue weighted by Crippen LogP contribution is 2.27. The van der Waals surface area contributed by atoms with E-state index in [0.29, 0.717) is 22.0 Å². The molecule has 1 aliphatic heterocycles. The van der Waals surface area contributed by atoms with Gasteiger partial charge < -0.3 is 15.0 Å². The van der Waals surface area contributed by atoms with E-state index in [4.69, 9.17) is 16.3 Å². The predicted octanol–water partition coefficient (Wildman–Crippen LogP) is 4.08. The monoisotopic (exact) mass is 398 g/mol. The van der Waals surface area contributed by atoms with Crippen molar-refractivity contribution in [3.63, 3.8) is 0 Å². The largest absolute Gasteiger partial charge is 0.484 e. The Labute approximate surface area is 169 Å². The third-order valence-electron chi connectivity index (χ3n) is 5.32. The second-order valence-corrected chi connectivity index (χ2v) is 7.75. The SMILES string of the molecule is O=C(COc1ccc2c(c1)CCC2)Nc1cc(Cl)ccc1C(=O)N1CCCC1. The quantitative estimate of drug-likeness (QED) is 0.825. The summed E-state index contributed by atoms with van der Waals surface area (Å²) in [5.41, 5.74) is 3.54. The topological polar surface area (TPSA) is 58.6 Å². The highest BCUT2D eigenvalue weighted by atomic mass is 35.5. The van der Waals surface area contributed by atoms with E-state index < -0.39 is 0 Å². The number of benzene rings is 2. The van der Waals surface area contributed by atoms with Crippen molar-refractivity contribution in [2.75, 3.05) is 25.0 Å². The van der Waals surface area contributed by atoms with Gasteiger partial charge in [0, 0.05) is 18.1 Å². The average molecular weight is 399 g/mol. The summed E-state index contributed by atoms with van der Waals surface area (Å²) in [6, 6.07) is 10.9. The van der Waals surface area contributed by atoms with Gasteiger partial charge in [0.2, 0.25) is 0 Å². The number of anilines is 1. The number of aryl methyl sites for hydroxylation is 2. The van der Waals surface area contributed by atoms with E-state index in [9.17, 15) is 9.59 Å². The van der Waals surface area contributed by atoms with Gasteiger partial charge in [-0.2, -0.15) is 0 Å². The molecule has 2 aliphatic rings. The third-order valence-corrected chi connectivity index (χ3v) is 5.55. The van der Waals surface area contributed by atoms with E-state index in [1.54, 1.807) is 23.1 Å². The Hall–Kier alpha value is -2.53. The van der Waals surface area contributed by atoms with Gasteiger partial charge in [-0.25, -0.2) is 0 Å². The van der Waals surface area contributed by atoms with Crippen LogP contribution in [0.15, 0.2) is 36.4 Å². The highest BCUT2D eigenvalue weighted by Gasteiger charge is 2.23. The fourth-order valence-electron chi connectivity index (χ4n) is 3.87. The lowest BCUT2D eigenvalue weighted by Crippen LogP contribution is -2.29. The number of nitrogens with zero attached hydrogens (tertiary/aromatic N) is 1. The molecule has 1 N–H and O–H groups in total. The molecular weight excluding hydrogens is 376 g/mol. The van der Waals surface area contributed by atoms with Crippen LogP contribution in [0.2, 0.25) is 5.02 Å². The summed E-state index contributed by atoms with van der Waals surface area (Å²) >= 11 is 6.08. The first-order valence-corrected chi connectivity index (χ1v) is 10.1. The minimum Gasteiger partial charge on any atom is -0.484 e. The van der Waals surface area contributed by atoms with E-state index >= 15 is 0 Å². The first-order valence-electron chi connectivity index (χ1n) is 9.73. The lowest BCUT2D eigenvalue weighted by Gasteiger charge is -2.18. The molecule has 5 nitrogen and oxygen atoms in total. The van der Waals surface area contributed by atoms with Gasteiger partial charge in [0.25, 0.3) is 11.8 Å². The number of fused-ring (bicyclic) bond motifs is 1. The molecule has 2 aromatic rings. The molecule has 1 aliphatic carbocycles. The summed E-state index contributed by atoms with van der Waals surface area (Å²) in [5.74, 6) is 0.289. The van der Waals surface area contributed by atoms with Gasteiger partial charge in [0.15, 0.2) is 6.61 Å². The smallest absolute Gasteiger partial charge is 0.262 e. The number of amides is 2. The van der Waals surface area contributed by atoms with Crippen molar-refractivity contribution in [2.45, 2.75) is 32.1 Å². The summed E-state index contributed by atoms with van der Waals surface area (Å²) in [6.45, 7) is 1.37. The zero-order valence-electron chi connectivity index (χ0n) is 15.7. The molecule has 28 heavy (non-hydrogen) atoms. The number of rotatable bonds is 5. The second-order valence-electron chi connectivity index (χ2n) is 7.31. The minimum absolute atomic E-state index is 0.0796. The Balaban J connectivity index is 1.42. The van der Waals surface area contributed by atoms with Crippen molar-refractivity contribution < 1.29 is 14.3 Å². The molecule has 0 unspecified atom stereocenters. The predicted molar refractivity (Wildman–Crippen MR) is 109 cm³/mol. The fourth-order valence-corrected chi connectivity index (χ4v) is 4.04. The standard InChI is InChI=1S/C22H23ClN2O3/c23-17-7-9-19(22(27)25-10-1-2-11-25)20(13-17)24-21(26)14-28-18-8-6-15-4-3-5-16(15)12-18/h6-9,12-13H,1-5,10-11,14H2,(H,24,26). The maximum Gasteiger partial charge on any atom is 0.262 e. The van der Waals surface area contributed by atoms with Gasteiger partial charge in [-0.15, -0.1) is 0 Å². The maximum atomic E-state index is 12.7. The van der Waals surface area contributed by atoms with Crippen LogP contribution in [-0.2, 0) is 17.6 Å². The molecule has 0 radical (unpaired) electrons. The van der Waals surface area contributed by atoms with Crippen molar-refractivity contribution in [1.82, 2.24) is 4.90 Å². The Morgan fingerprint density at radius 3 is 2.61 bits per heavy atom. The van der Waals surface area contributed by atoms with E-state index in [0.717, 1.165) is 38.8 Å². The number of halogens is 1. The highest BCUT2D eigenvalue weighted by molar-refractivity contribution is 6.31. The van der Waals surface area contributed by atoms with Crippen LogP contribution in [0, 0.1) is 0 Å². The Bertz CT molecular complexity index is 907. The van der Waals surface area contributed by atoms with Crippen molar-refractivity contribution in [3.05, 3.63) is 58.1 Å². The summed E-state index contributed by atoms with van der Waals surface area (Å²) in [5, 5.41) is 3.25. The van der Waals surface area contributed by atoms with Gasteiger partial charge >= 0.3 is 0 Å². The number of hydrogen-bond donors (Lipinski definition) is 1. The first-order chi connectivity index (χ1) is 13.6.